The molecule has 2 heterocycles. The first-order valence-electron chi connectivity index (χ1n) is 41.2. The van der Waals surface area contributed by atoms with Gasteiger partial charge in [-0.1, -0.05) is 334 Å². The van der Waals surface area contributed by atoms with Crippen molar-refractivity contribution in [3.8, 4) is 33.6 Å². The van der Waals surface area contributed by atoms with Crippen LogP contribution in [0.25, 0.3) is 271 Å². The highest BCUT2D eigenvalue weighted by molar-refractivity contribution is 6.41. The second-order valence-corrected chi connectivity index (χ2v) is 32.7. The normalized spacial score (nSPS) is 12.4. The first-order chi connectivity index (χ1) is 58.6. The van der Waals surface area contributed by atoms with Crippen LogP contribution >= 0.6 is 0 Å². The first kappa shape index (κ1) is 64.0. The lowest BCUT2D eigenvalue weighted by molar-refractivity contribution is 1.19. The molecule has 28 rings (SSSR count). The largest absolute Gasteiger partial charge is 0.309 e. The monoisotopic (exact) mass is 1490 g/mol. The number of nitrogens with zero attached hydrogens (tertiary/aromatic N) is 2. The average molecular weight is 1490 g/mol. The summed E-state index contributed by atoms with van der Waals surface area (Å²) in [5.41, 5.74) is 12.3. The highest BCUT2D eigenvalue weighted by Gasteiger charge is 2.27. The van der Waals surface area contributed by atoms with E-state index in [-0.39, 0.29) is 0 Å². The predicted molar refractivity (Wildman–Crippen MR) is 510 cm³/mol. The van der Waals surface area contributed by atoms with Gasteiger partial charge in [-0.25, -0.2) is 0 Å². The maximum Gasteiger partial charge on any atom is 0.0626 e. The van der Waals surface area contributed by atoms with E-state index >= 15 is 0 Å². The fraction of sp³-hybridized carbons (Fsp3) is 0. The minimum absolute atomic E-state index is 1.17. The van der Waals surface area contributed by atoms with Crippen LogP contribution < -0.4 is 0 Å². The summed E-state index contributed by atoms with van der Waals surface area (Å²) in [7, 11) is 0. The molecule has 0 amide bonds. The molecule has 2 aromatic heterocycles. The zero-order valence-corrected chi connectivity index (χ0v) is 64.0. The predicted octanol–water partition coefficient (Wildman–Crippen LogP) is 32.5. The number of rotatable bonds is 4. The number of hydrogen-bond donors (Lipinski definition) is 0. The van der Waals surface area contributed by atoms with Gasteiger partial charge in [-0.15, -0.1) is 0 Å². The molecule has 0 saturated heterocycles. The van der Waals surface area contributed by atoms with Gasteiger partial charge in [0.2, 0.25) is 0 Å². The molecular formula is C116H66N2. The maximum atomic E-state index is 2.54. The van der Waals surface area contributed by atoms with Gasteiger partial charge in [0, 0.05) is 54.5 Å². The van der Waals surface area contributed by atoms with Gasteiger partial charge >= 0.3 is 0 Å². The molecule has 28 aromatic rings. The molecule has 0 N–H and O–H groups in total. The van der Waals surface area contributed by atoms with Crippen LogP contribution in [0.15, 0.2) is 400 Å². The Balaban J connectivity index is 0.000000126. The summed E-state index contributed by atoms with van der Waals surface area (Å²) in [6.45, 7) is 0. The van der Waals surface area contributed by atoms with Crippen molar-refractivity contribution in [2.45, 2.75) is 0 Å². The van der Waals surface area contributed by atoms with Crippen LogP contribution in [0.3, 0.4) is 0 Å². The molecule has 26 aromatic carbocycles. The lowest BCUT2D eigenvalue weighted by Gasteiger charge is -2.18. The van der Waals surface area contributed by atoms with E-state index in [1.807, 2.05) is 0 Å². The number of para-hydroxylation sites is 2. The molecule has 0 fully saturated rings. The summed E-state index contributed by atoms with van der Waals surface area (Å²) in [6.07, 6.45) is 0. The number of benzene rings is 26. The Morgan fingerprint density at radius 2 is 0.415 bits per heavy atom. The Morgan fingerprint density at radius 3 is 0.831 bits per heavy atom. The van der Waals surface area contributed by atoms with E-state index in [4.69, 9.17) is 0 Å². The highest BCUT2D eigenvalue weighted by Crippen LogP contribution is 2.53. The quantitative estimate of drug-likeness (QED) is 0.155. The van der Waals surface area contributed by atoms with Crippen molar-refractivity contribution in [1.82, 2.24) is 9.13 Å². The Bertz CT molecular complexity index is 9140. The Hall–Kier alpha value is -15.5. The van der Waals surface area contributed by atoms with Crippen molar-refractivity contribution < 1.29 is 0 Å². The van der Waals surface area contributed by atoms with Crippen molar-refractivity contribution in [2.24, 2.45) is 0 Å². The van der Waals surface area contributed by atoms with E-state index in [1.54, 1.807) is 0 Å². The summed E-state index contributed by atoms with van der Waals surface area (Å²) in [4.78, 5) is 0. The van der Waals surface area contributed by atoms with E-state index in [0.717, 1.165) is 0 Å². The molecule has 0 aliphatic carbocycles. The molecule has 2 heteroatoms. The Kier molecular flexibility index (Phi) is 13.0. The smallest absolute Gasteiger partial charge is 0.0626 e. The van der Waals surface area contributed by atoms with Gasteiger partial charge in [-0.3, -0.25) is 0 Å². The topological polar surface area (TPSA) is 9.86 Å². The van der Waals surface area contributed by atoms with Gasteiger partial charge in [0.05, 0.1) is 22.1 Å². The third-order valence-electron chi connectivity index (χ3n) is 26.8. The van der Waals surface area contributed by atoms with Crippen LogP contribution in [0, 0.1) is 0 Å². The van der Waals surface area contributed by atoms with E-state index in [2.05, 4.69) is 410 Å². The molecular weight excluding hydrogens is 1420 g/mol. The zero-order chi connectivity index (χ0) is 76.7. The molecule has 0 atom stereocenters. The summed E-state index contributed by atoms with van der Waals surface area (Å²) in [6, 6.07) is 150. The SMILES string of the molecule is c1cc2ccc3cc(-c4cc5c6ccccc6c6c(c7ccccc7n6-c6cc7ccc8cccc9ccc(c6)c7c89)c5c5ccccc45)cc4ccc(c1)c2c34.c1ccc2c(c1)c(-c1ccc3c4ccccc4c4ccccc4c3c1)cc1c3ccccc3c3c(c4ccccc4n3-c3ccc4c5ccccc5c5ccccc5c4c3)c21. The van der Waals surface area contributed by atoms with Crippen molar-refractivity contribution in [2.75, 3.05) is 0 Å². The maximum absolute atomic E-state index is 2.54. The molecule has 0 unspecified atom stereocenters. The molecule has 2 nitrogen and oxygen atoms in total. The summed E-state index contributed by atoms with van der Waals surface area (Å²) < 4.78 is 5.08. The molecule has 0 aliphatic rings. The van der Waals surface area contributed by atoms with Crippen LogP contribution in [-0.4, -0.2) is 9.13 Å². The van der Waals surface area contributed by atoms with E-state index < -0.39 is 0 Å². The molecule has 0 saturated carbocycles. The van der Waals surface area contributed by atoms with E-state index in [1.165, 1.54) is 271 Å². The summed E-state index contributed by atoms with van der Waals surface area (Å²) in [5.74, 6) is 0. The zero-order valence-electron chi connectivity index (χ0n) is 64.0. The van der Waals surface area contributed by atoms with Crippen LogP contribution in [0.4, 0.5) is 0 Å². The van der Waals surface area contributed by atoms with Crippen molar-refractivity contribution in [1.29, 1.82) is 0 Å². The van der Waals surface area contributed by atoms with E-state index in [0.29, 0.717) is 0 Å². The number of fused-ring (bicyclic) bond motifs is 32. The van der Waals surface area contributed by atoms with Crippen molar-refractivity contribution >= 4 is 238 Å². The lowest BCUT2D eigenvalue weighted by atomic mass is 9.86. The fourth-order valence-corrected chi connectivity index (χ4v) is 22.0. The molecule has 118 heavy (non-hydrogen) atoms. The summed E-state index contributed by atoms with van der Waals surface area (Å²) in [5, 5.41) is 51.6. The first-order valence-corrected chi connectivity index (χ1v) is 41.2. The Labute approximate surface area is 676 Å². The Morgan fingerprint density at radius 1 is 0.127 bits per heavy atom. The third kappa shape index (κ3) is 8.79. The minimum atomic E-state index is 1.17. The van der Waals surface area contributed by atoms with Crippen LogP contribution in [0.1, 0.15) is 0 Å². The lowest BCUT2D eigenvalue weighted by Crippen LogP contribution is -1.96. The number of aromatic nitrogens is 2. The second kappa shape index (κ2) is 24.1. The third-order valence-corrected chi connectivity index (χ3v) is 26.8. The van der Waals surface area contributed by atoms with Gasteiger partial charge in [-0.05, 0) is 261 Å². The fourth-order valence-electron chi connectivity index (χ4n) is 22.0. The molecule has 0 radical (unpaired) electrons. The molecule has 0 bridgehead atoms. The molecule has 540 valence electrons. The van der Waals surface area contributed by atoms with Crippen LogP contribution in [0.5, 0.6) is 0 Å². The number of hydrogen-bond acceptors (Lipinski definition) is 0. The average Bonchev–Trinajstić information content (AvgIpc) is 1.53. The van der Waals surface area contributed by atoms with Crippen molar-refractivity contribution in [3.63, 3.8) is 0 Å². The minimum Gasteiger partial charge on any atom is -0.309 e. The van der Waals surface area contributed by atoms with Gasteiger partial charge < -0.3 is 9.13 Å². The molecule has 0 aliphatic heterocycles. The highest BCUT2D eigenvalue weighted by atomic mass is 15.0. The van der Waals surface area contributed by atoms with Gasteiger partial charge in [0.15, 0.2) is 0 Å². The van der Waals surface area contributed by atoms with Gasteiger partial charge in [-0.2, -0.15) is 0 Å². The standard InChI is InChI=1S/C60H35N.C56H31N/c1-3-19-42-38(15-1)40-17-5-7-21-44(40)54-33-36(29-31-48(42)54)53-35-56-47-24-10-12-26-51(47)60-59(58(56)50-25-11-9-23-46(50)53)52-27-13-14-28-57(52)61(60)37-30-32-49-43-20-4-2-16-39(43)41-18-6-8-22-45(41)55(49)34-37;1-3-15-44-42(13-1)47(40-27-36-23-19-32-9-7-10-33-20-24-37(28-40)52(36)50(32)33)31-48-43-14-2-4-16-45(43)56-55(54(44)48)46-17-5-6-18-49(46)57(56)41-29-38-25-21-34-11-8-12-35-22-26-39(30-41)53(38)51(34)35/h1-35H;1-31H. The van der Waals surface area contributed by atoms with Crippen LogP contribution in [-0.2, 0) is 0 Å². The second-order valence-electron chi connectivity index (χ2n) is 32.7. The molecule has 0 spiro atoms. The van der Waals surface area contributed by atoms with Crippen molar-refractivity contribution in [3.05, 3.63) is 400 Å². The summed E-state index contributed by atoms with van der Waals surface area (Å²) >= 11 is 0. The van der Waals surface area contributed by atoms with Gasteiger partial charge in [0.25, 0.3) is 0 Å². The van der Waals surface area contributed by atoms with E-state index in [9.17, 15) is 0 Å². The van der Waals surface area contributed by atoms with Gasteiger partial charge in [0.1, 0.15) is 0 Å². The van der Waals surface area contributed by atoms with Crippen LogP contribution in [0.2, 0.25) is 0 Å².